The van der Waals surface area contributed by atoms with Crippen LogP contribution in [0.5, 0.6) is 0 Å². The molecule has 0 saturated carbocycles. The minimum atomic E-state index is -0.629. The van der Waals surface area contributed by atoms with Gasteiger partial charge in [0.05, 0.1) is 11.5 Å². The van der Waals surface area contributed by atoms with Gasteiger partial charge in [-0.2, -0.15) is 0 Å². The number of likely N-dealkylation sites (N-methyl/N-ethyl adjacent to an activating group) is 1. The van der Waals surface area contributed by atoms with Gasteiger partial charge in [0, 0.05) is 19.2 Å². The lowest BCUT2D eigenvalue weighted by Gasteiger charge is -2.17. The van der Waals surface area contributed by atoms with E-state index in [1.807, 2.05) is 0 Å². The average Bonchev–Trinajstić information content (AvgIpc) is 2.28. The molecule has 1 aromatic carbocycles. The topological polar surface area (TPSA) is 72.7 Å². The van der Waals surface area contributed by atoms with E-state index < -0.39 is 16.7 Å². The molecule has 0 aliphatic rings. The molecule has 0 bridgehead atoms. The molecular weight excluding hydrogens is 243 g/mol. The lowest BCUT2D eigenvalue weighted by molar-refractivity contribution is -0.384. The molecule has 0 radical (unpaired) electrons. The number of nitrogens with zero attached hydrogens (tertiary/aromatic N) is 2. The van der Waals surface area contributed by atoms with Crippen LogP contribution in [0.1, 0.15) is 6.92 Å². The number of nitro benzene ring substituents is 1. The molecule has 0 aromatic heterocycles. The number of halogens is 1. The van der Waals surface area contributed by atoms with Crippen LogP contribution in [0, 0.1) is 15.9 Å². The molecule has 0 unspecified atom stereocenters. The van der Waals surface area contributed by atoms with Gasteiger partial charge in [-0.1, -0.05) is 0 Å². The summed E-state index contributed by atoms with van der Waals surface area (Å²) in [6, 6.07) is 3.07. The SMILES string of the molecule is CCOC(=O)CN(C)c1cc(F)ccc1[N+](=O)[O-]. The van der Waals surface area contributed by atoms with Crippen molar-refractivity contribution >= 4 is 17.3 Å². The minimum Gasteiger partial charge on any atom is -0.465 e. The highest BCUT2D eigenvalue weighted by Crippen LogP contribution is 2.27. The van der Waals surface area contributed by atoms with Crippen molar-refractivity contribution in [2.75, 3.05) is 25.1 Å². The van der Waals surface area contributed by atoms with Crippen LogP contribution in [0.15, 0.2) is 18.2 Å². The number of hydrogen-bond donors (Lipinski definition) is 0. The molecule has 18 heavy (non-hydrogen) atoms. The van der Waals surface area contributed by atoms with Crippen molar-refractivity contribution in [3.05, 3.63) is 34.1 Å². The molecule has 0 aliphatic heterocycles. The van der Waals surface area contributed by atoms with Gasteiger partial charge in [-0.05, 0) is 13.0 Å². The van der Waals surface area contributed by atoms with Crippen molar-refractivity contribution in [3.8, 4) is 0 Å². The number of ether oxygens (including phenoxy) is 1. The van der Waals surface area contributed by atoms with Crippen LogP contribution >= 0.6 is 0 Å². The average molecular weight is 256 g/mol. The maximum absolute atomic E-state index is 13.1. The van der Waals surface area contributed by atoms with E-state index in [0.29, 0.717) is 0 Å². The van der Waals surface area contributed by atoms with Crippen molar-refractivity contribution in [1.29, 1.82) is 0 Å². The molecule has 0 N–H and O–H groups in total. The van der Waals surface area contributed by atoms with Gasteiger partial charge in [0.1, 0.15) is 18.0 Å². The van der Waals surface area contributed by atoms with Crippen LogP contribution in [0.2, 0.25) is 0 Å². The Morgan fingerprint density at radius 2 is 2.22 bits per heavy atom. The van der Waals surface area contributed by atoms with Crippen LogP contribution in [0.4, 0.5) is 15.8 Å². The summed E-state index contributed by atoms with van der Waals surface area (Å²) in [5.74, 6) is -1.13. The number of nitro groups is 1. The van der Waals surface area contributed by atoms with E-state index in [-0.39, 0.29) is 24.5 Å². The summed E-state index contributed by atoms with van der Waals surface area (Å²) >= 11 is 0. The molecule has 0 atom stereocenters. The van der Waals surface area contributed by atoms with Crippen molar-refractivity contribution in [1.82, 2.24) is 0 Å². The number of esters is 1. The van der Waals surface area contributed by atoms with Crippen molar-refractivity contribution < 1.29 is 18.8 Å². The molecule has 6 nitrogen and oxygen atoms in total. The molecule has 0 heterocycles. The maximum atomic E-state index is 13.1. The predicted molar refractivity (Wildman–Crippen MR) is 63.0 cm³/mol. The summed E-state index contributed by atoms with van der Waals surface area (Å²) in [5.41, 5.74) is -0.226. The van der Waals surface area contributed by atoms with E-state index in [4.69, 9.17) is 4.74 Å². The summed E-state index contributed by atoms with van der Waals surface area (Å²) < 4.78 is 17.8. The number of carbonyl (C=O) groups is 1. The Labute approximate surface area is 103 Å². The van der Waals surface area contributed by atoms with Crippen LogP contribution in [-0.2, 0) is 9.53 Å². The maximum Gasteiger partial charge on any atom is 0.325 e. The minimum absolute atomic E-state index is 0.0352. The molecule has 1 aromatic rings. The Bertz CT molecular complexity index is 464. The van der Waals surface area contributed by atoms with Crippen LogP contribution in [0.25, 0.3) is 0 Å². The van der Waals surface area contributed by atoms with E-state index in [0.717, 1.165) is 18.2 Å². The summed E-state index contributed by atoms with van der Waals surface area (Å²) in [5, 5.41) is 10.8. The van der Waals surface area contributed by atoms with E-state index >= 15 is 0 Å². The largest absolute Gasteiger partial charge is 0.465 e. The Morgan fingerprint density at radius 3 is 2.78 bits per heavy atom. The molecule has 98 valence electrons. The van der Waals surface area contributed by atoms with E-state index in [1.165, 1.54) is 11.9 Å². The fourth-order valence-electron chi connectivity index (χ4n) is 1.44. The van der Waals surface area contributed by atoms with Gasteiger partial charge in [-0.3, -0.25) is 14.9 Å². The first kappa shape index (κ1) is 13.9. The van der Waals surface area contributed by atoms with Gasteiger partial charge >= 0.3 is 5.97 Å². The number of hydrogen-bond acceptors (Lipinski definition) is 5. The smallest absolute Gasteiger partial charge is 0.325 e. The van der Waals surface area contributed by atoms with E-state index in [1.54, 1.807) is 6.92 Å². The molecule has 0 saturated heterocycles. The molecule has 0 amide bonds. The highest BCUT2D eigenvalue weighted by molar-refractivity contribution is 5.77. The number of carbonyl (C=O) groups excluding carboxylic acids is 1. The van der Waals surface area contributed by atoms with Crippen LogP contribution < -0.4 is 4.90 Å². The third kappa shape index (κ3) is 3.41. The van der Waals surface area contributed by atoms with Gasteiger partial charge in [-0.25, -0.2) is 4.39 Å². The van der Waals surface area contributed by atoms with Gasteiger partial charge in [-0.15, -0.1) is 0 Å². The van der Waals surface area contributed by atoms with Gasteiger partial charge in [0.2, 0.25) is 0 Å². The monoisotopic (exact) mass is 256 g/mol. The zero-order valence-corrected chi connectivity index (χ0v) is 10.1. The van der Waals surface area contributed by atoms with Crippen LogP contribution in [-0.4, -0.2) is 31.1 Å². The Balaban J connectivity index is 2.96. The molecular formula is C11H13FN2O4. The lowest BCUT2D eigenvalue weighted by atomic mass is 10.2. The summed E-state index contributed by atoms with van der Waals surface area (Å²) in [7, 11) is 1.46. The molecule has 0 aliphatic carbocycles. The molecule has 7 heteroatoms. The zero-order valence-electron chi connectivity index (χ0n) is 10.1. The third-order valence-electron chi connectivity index (χ3n) is 2.22. The highest BCUT2D eigenvalue weighted by atomic mass is 19.1. The van der Waals surface area contributed by atoms with E-state index in [2.05, 4.69) is 0 Å². The normalized spacial score (nSPS) is 9.94. The van der Waals surface area contributed by atoms with Crippen molar-refractivity contribution in [3.63, 3.8) is 0 Å². The summed E-state index contributed by atoms with van der Waals surface area (Å²) in [6.07, 6.45) is 0. The summed E-state index contributed by atoms with van der Waals surface area (Å²) in [4.78, 5) is 22.7. The van der Waals surface area contributed by atoms with Crippen molar-refractivity contribution in [2.45, 2.75) is 6.92 Å². The second-order valence-corrected chi connectivity index (χ2v) is 3.55. The number of benzene rings is 1. The first-order valence-corrected chi connectivity index (χ1v) is 5.26. The second-order valence-electron chi connectivity index (χ2n) is 3.55. The first-order chi connectivity index (χ1) is 8.45. The van der Waals surface area contributed by atoms with Crippen molar-refractivity contribution in [2.24, 2.45) is 0 Å². The summed E-state index contributed by atoms with van der Waals surface area (Å²) in [6.45, 7) is 1.69. The first-order valence-electron chi connectivity index (χ1n) is 5.26. The molecule has 0 fully saturated rings. The number of rotatable bonds is 5. The fourth-order valence-corrected chi connectivity index (χ4v) is 1.44. The Morgan fingerprint density at radius 1 is 1.56 bits per heavy atom. The van der Waals surface area contributed by atoms with Gasteiger partial charge in [0.25, 0.3) is 5.69 Å². The lowest BCUT2D eigenvalue weighted by Crippen LogP contribution is -2.27. The molecule has 0 spiro atoms. The van der Waals surface area contributed by atoms with Gasteiger partial charge in [0.15, 0.2) is 0 Å². The van der Waals surface area contributed by atoms with Gasteiger partial charge < -0.3 is 9.64 Å². The van der Waals surface area contributed by atoms with E-state index in [9.17, 15) is 19.3 Å². The number of anilines is 1. The quantitative estimate of drug-likeness (QED) is 0.455. The Hall–Kier alpha value is -2.18. The third-order valence-corrected chi connectivity index (χ3v) is 2.22. The zero-order chi connectivity index (χ0) is 13.7. The predicted octanol–water partition coefficient (Wildman–Crippen LogP) is 1.73. The van der Waals surface area contributed by atoms with Crippen LogP contribution in [0.3, 0.4) is 0 Å². The molecule has 1 rings (SSSR count). The second kappa shape index (κ2) is 5.95. The Kier molecular flexibility index (Phi) is 4.59. The fraction of sp³-hybridized carbons (Fsp3) is 0.364. The standard InChI is InChI=1S/C11H13FN2O4/c1-3-18-11(15)7-13(2)10-6-8(12)4-5-9(10)14(16)17/h4-6H,3,7H2,1-2H3. The highest BCUT2D eigenvalue weighted by Gasteiger charge is 2.19.